The minimum atomic E-state index is -0.690. The molecular formula is C12H23NO3. The highest BCUT2D eigenvalue weighted by Gasteiger charge is 2.25. The molecule has 1 heterocycles. The third-order valence-corrected chi connectivity index (χ3v) is 3.22. The molecular weight excluding hydrogens is 206 g/mol. The average molecular weight is 229 g/mol. The maximum Gasteiger partial charge on any atom is 0.303 e. The fraction of sp³-hybridized carbons (Fsp3) is 0.917. The normalized spacial score (nSPS) is 19.6. The predicted molar refractivity (Wildman–Crippen MR) is 62.6 cm³/mol. The lowest BCUT2D eigenvalue weighted by Crippen LogP contribution is -2.47. The van der Waals surface area contributed by atoms with Crippen molar-refractivity contribution in [2.75, 3.05) is 19.8 Å². The second-order valence-corrected chi connectivity index (χ2v) is 4.80. The summed E-state index contributed by atoms with van der Waals surface area (Å²) in [6, 6.07) is 0. The van der Waals surface area contributed by atoms with Gasteiger partial charge >= 0.3 is 5.97 Å². The largest absolute Gasteiger partial charge is 0.481 e. The Balaban J connectivity index is 1.99. The van der Waals surface area contributed by atoms with Gasteiger partial charge in [0.15, 0.2) is 0 Å². The molecule has 94 valence electrons. The van der Waals surface area contributed by atoms with Crippen molar-refractivity contribution in [2.45, 2.75) is 51.0 Å². The third kappa shape index (κ3) is 5.47. The summed E-state index contributed by atoms with van der Waals surface area (Å²) in [7, 11) is 0. The highest BCUT2D eigenvalue weighted by Crippen LogP contribution is 2.19. The van der Waals surface area contributed by atoms with Gasteiger partial charge in [0.05, 0.1) is 0 Å². The van der Waals surface area contributed by atoms with Gasteiger partial charge in [0.2, 0.25) is 0 Å². The van der Waals surface area contributed by atoms with Gasteiger partial charge in [-0.2, -0.15) is 0 Å². The first-order valence-electron chi connectivity index (χ1n) is 6.17. The molecule has 0 amide bonds. The van der Waals surface area contributed by atoms with Crippen LogP contribution in [-0.2, 0) is 9.53 Å². The van der Waals surface area contributed by atoms with Crippen molar-refractivity contribution in [1.29, 1.82) is 0 Å². The van der Waals surface area contributed by atoms with Crippen LogP contribution < -0.4 is 5.32 Å². The molecule has 2 N–H and O–H groups in total. The summed E-state index contributed by atoms with van der Waals surface area (Å²) in [6.07, 6.45) is 5.28. The molecule has 0 spiro atoms. The monoisotopic (exact) mass is 229 g/mol. The number of hydrogen-bond acceptors (Lipinski definition) is 3. The lowest BCUT2D eigenvalue weighted by atomic mass is 9.92. The van der Waals surface area contributed by atoms with Gasteiger partial charge in [-0.25, -0.2) is 0 Å². The molecule has 0 radical (unpaired) electrons. The second-order valence-electron chi connectivity index (χ2n) is 4.80. The molecule has 0 atom stereocenters. The van der Waals surface area contributed by atoms with Gasteiger partial charge < -0.3 is 15.2 Å². The van der Waals surface area contributed by atoms with Crippen LogP contribution in [-0.4, -0.2) is 36.4 Å². The fourth-order valence-corrected chi connectivity index (χ4v) is 1.97. The second kappa shape index (κ2) is 6.86. The smallest absolute Gasteiger partial charge is 0.303 e. The van der Waals surface area contributed by atoms with Gasteiger partial charge in [-0.05, 0) is 39.2 Å². The highest BCUT2D eigenvalue weighted by molar-refractivity contribution is 5.66. The Morgan fingerprint density at radius 1 is 1.31 bits per heavy atom. The zero-order valence-electron chi connectivity index (χ0n) is 10.1. The van der Waals surface area contributed by atoms with Crippen LogP contribution in [0.15, 0.2) is 0 Å². The number of ether oxygens (including phenoxy) is 1. The van der Waals surface area contributed by atoms with Crippen LogP contribution in [0.4, 0.5) is 0 Å². The minimum absolute atomic E-state index is 0.227. The van der Waals surface area contributed by atoms with Gasteiger partial charge in [-0.1, -0.05) is 6.42 Å². The van der Waals surface area contributed by atoms with Crippen molar-refractivity contribution in [2.24, 2.45) is 0 Å². The van der Waals surface area contributed by atoms with Crippen molar-refractivity contribution >= 4 is 5.97 Å². The number of nitrogens with one attached hydrogen (secondary N) is 1. The van der Waals surface area contributed by atoms with Crippen LogP contribution >= 0.6 is 0 Å². The summed E-state index contributed by atoms with van der Waals surface area (Å²) >= 11 is 0. The van der Waals surface area contributed by atoms with E-state index in [1.54, 1.807) is 0 Å². The molecule has 0 aromatic rings. The average Bonchev–Trinajstić information content (AvgIpc) is 2.24. The minimum Gasteiger partial charge on any atom is -0.481 e. The third-order valence-electron chi connectivity index (χ3n) is 3.22. The van der Waals surface area contributed by atoms with Crippen LogP contribution in [0, 0.1) is 0 Å². The number of carboxylic acid groups (broad SMARTS) is 1. The molecule has 0 aromatic heterocycles. The number of unbranched alkanes of at least 4 members (excludes halogenated alkanes) is 2. The number of rotatable bonds is 7. The van der Waals surface area contributed by atoms with Crippen LogP contribution in [0.1, 0.15) is 45.4 Å². The first kappa shape index (κ1) is 13.5. The van der Waals surface area contributed by atoms with E-state index in [0.29, 0.717) is 6.42 Å². The zero-order chi connectivity index (χ0) is 11.9. The van der Waals surface area contributed by atoms with Crippen molar-refractivity contribution in [1.82, 2.24) is 5.32 Å². The van der Waals surface area contributed by atoms with E-state index in [2.05, 4.69) is 12.2 Å². The van der Waals surface area contributed by atoms with Crippen LogP contribution in [0.2, 0.25) is 0 Å². The summed E-state index contributed by atoms with van der Waals surface area (Å²) in [5, 5.41) is 12.0. The van der Waals surface area contributed by atoms with E-state index in [-0.39, 0.29) is 5.54 Å². The Bertz CT molecular complexity index is 212. The van der Waals surface area contributed by atoms with Crippen LogP contribution in [0.5, 0.6) is 0 Å². The molecule has 4 heteroatoms. The summed E-state index contributed by atoms with van der Waals surface area (Å²) in [5.41, 5.74) is 0.227. The summed E-state index contributed by atoms with van der Waals surface area (Å²) in [5.74, 6) is -0.690. The Labute approximate surface area is 97.4 Å². The van der Waals surface area contributed by atoms with Gasteiger partial charge in [-0.3, -0.25) is 4.79 Å². The van der Waals surface area contributed by atoms with Crippen molar-refractivity contribution in [3.05, 3.63) is 0 Å². The molecule has 1 fully saturated rings. The standard InChI is InChI=1S/C12H23NO3/c1-12(6-9-16-10-7-12)13-8-4-2-3-5-11(14)15/h13H,2-10H2,1H3,(H,14,15). The zero-order valence-corrected chi connectivity index (χ0v) is 10.1. The number of carbonyl (C=O) groups is 1. The van der Waals surface area contributed by atoms with E-state index in [4.69, 9.17) is 9.84 Å². The quantitative estimate of drug-likeness (QED) is 0.653. The summed E-state index contributed by atoms with van der Waals surface area (Å²) < 4.78 is 5.33. The number of carboxylic acids is 1. The topological polar surface area (TPSA) is 58.6 Å². The van der Waals surface area contributed by atoms with Crippen molar-refractivity contribution < 1.29 is 14.6 Å². The predicted octanol–water partition coefficient (Wildman–Crippen LogP) is 1.79. The lowest BCUT2D eigenvalue weighted by molar-refractivity contribution is -0.137. The number of hydrogen-bond donors (Lipinski definition) is 2. The summed E-state index contributed by atoms with van der Waals surface area (Å²) in [6.45, 7) is 4.92. The Morgan fingerprint density at radius 3 is 2.62 bits per heavy atom. The molecule has 1 saturated heterocycles. The van der Waals surface area contributed by atoms with Crippen LogP contribution in [0.25, 0.3) is 0 Å². The SMILES string of the molecule is CC1(NCCCCCC(=O)O)CCOCC1. The van der Waals surface area contributed by atoms with Crippen LogP contribution in [0.3, 0.4) is 0 Å². The van der Waals surface area contributed by atoms with Gasteiger partial charge in [0, 0.05) is 25.2 Å². The molecule has 0 bridgehead atoms. The van der Waals surface area contributed by atoms with Crippen molar-refractivity contribution in [3.63, 3.8) is 0 Å². The molecule has 0 aromatic carbocycles. The van der Waals surface area contributed by atoms with E-state index in [9.17, 15) is 4.79 Å². The Morgan fingerprint density at radius 2 is 2.00 bits per heavy atom. The van der Waals surface area contributed by atoms with Gasteiger partial charge in [-0.15, -0.1) is 0 Å². The first-order chi connectivity index (χ1) is 7.62. The fourth-order valence-electron chi connectivity index (χ4n) is 1.97. The molecule has 16 heavy (non-hydrogen) atoms. The van der Waals surface area contributed by atoms with E-state index >= 15 is 0 Å². The van der Waals surface area contributed by atoms with Crippen molar-refractivity contribution in [3.8, 4) is 0 Å². The maximum absolute atomic E-state index is 10.3. The van der Waals surface area contributed by atoms with E-state index in [1.165, 1.54) is 0 Å². The molecule has 1 aliphatic heterocycles. The molecule has 1 rings (SSSR count). The number of aliphatic carboxylic acids is 1. The molecule has 1 aliphatic rings. The highest BCUT2D eigenvalue weighted by atomic mass is 16.5. The van der Waals surface area contributed by atoms with E-state index in [0.717, 1.165) is 51.9 Å². The van der Waals surface area contributed by atoms with E-state index in [1.807, 2.05) is 0 Å². The summed E-state index contributed by atoms with van der Waals surface area (Å²) in [4.78, 5) is 10.3. The Kier molecular flexibility index (Phi) is 5.77. The Hall–Kier alpha value is -0.610. The van der Waals surface area contributed by atoms with E-state index < -0.39 is 5.97 Å². The maximum atomic E-state index is 10.3. The van der Waals surface area contributed by atoms with Gasteiger partial charge in [0.1, 0.15) is 0 Å². The molecule has 0 saturated carbocycles. The lowest BCUT2D eigenvalue weighted by Gasteiger charge is -2.34. The van der Waals surface area contributed by atoms with Gasteiger partial charge in [0.25, 0.3) is 0 Å². The molecule has 0 unspecified atom stereocenters. The molecule has 0 aliphatic carbocycles. The first-order valence-corrected chi connectivity index (χ1v) is 6.17. The molecule has 4 nitrogen and oxygen atoms in total.